The molecule has 5 nitrogen and oxygen atoms in total. The van der Waals surface area contributed by atoms with Crippen molar-refractivity contribution >= 4 is 17.3 Å². The molecule has 1 aliphatic rings. The first-order chi connectivity index (χ1) is 11.8. The van der Waals surface area contributed by atoms with Crippen molar-refractivity contribution in [3.63, 3.8) is 0 Å². The standard InChI is InChI=1S/C18H19N5S/c1-13-4-2-8-23(12-13)18-21-10-14(15-11-19-6-7-20-15)17(22-18)16-5-3-9-24-16/h3,5-7,9-11,13H,2,4,8,12H2,1H3/t13-/m0/s1. The van der Waals surface area contributed by atoms with E-state index >= 15 is 0 Å². The van der Waals surface area contributed by atoms with Crippen molar-refractivity contribution in [1.29, 1.82) is 0 Å². The van der Waals surface area contributed by atoms with Crippen LogP contribution < -0.4 is 4.90 Å². The van der Waals surface area contributed by atoms with E-state index in [1.54, 1.807) is 29.9 Å². The summed E-state index contributed by atoms with van der Waals surface area (Å²) in [6, 6.07) is 4.14. The van der Waals surface area contributed by atoms with Gasteiger partial charge in [-0.25, -0.2) is 9.97 Å². The average Bonchev–Trinajstić information content (AvgIpc) is 3.16. The van der Waals surface area contributed by atoms with E-state index in [1.807, 2.05) is 12.3 Å². The molecule has 4 rings (SSSR count). The van der Waals surface area contributed by atoms with Gasteiger partial charge in [0.05, 0.1) is 22.5 Å². The number of thiophene rings is 1. The fourth-order valence-corrected chi connectivity index (χ4v) is 3.85. The van der Waals surface area contributed by atoms with Gasteiger partial charge in [0.2, 0.25) is 5.95 Å². The maximum Gasteiger partial charge on any atom is 0.225 e. The summed E-state index contributed by atoms with van der Waals surface area (Å²) in [6.07, 6.45) is 9.52. The Morgan fingerprint density at radius 2 is 2.17 bits per heavy atom. The van der Waals surface area contributed by atoms with E-state index in [4.69, 9.17) is 4.98 Å². The van der Waals surface area contributed by atoms with E-state index in [-0.39, 0.29) is 0 Å². The zero-order valence-corrected chi connectivity index (χ0v) is 14.4. The van der Waals surface area contributed by atoms with Crippen LogP contribution in [0.5, 0.6) is 0 Å². The number of hydrogen-bond donors (Lipinski definition) is 0. The van der Waals surface area contributed by atoms with Crippen LogP contribution in [0.4, 0.5) is 5.95 Å². The molecule has 1 aliphatic heterocycles. The zero-order chi connectivity index (χ0) is 16.4. The third-order valence-electron chi connectivity index (χ3n) is 4.31. The minimum atomic E-state index is 0.687. The quantitative estimate of drug-likeness (QED) is 0.725. The van der Waals surface area contributed by atoms with Crippen molar-refractivity contribution in [3.05, 3.63) is 42.3 Å². The number of piperidine rings is 1. The third-order valence-corrected chi connectivity index (χ3v) is 5.19. The van der Waals surface area contributed by atoms with Crippen LogP contribution in [0, 0.1) is 5.92 Å². The first-order valence-electron chi connectivity index (χ1n) is 8.23. The molecule has 0 N–H and O–H groups in total. The van der Waals surface area contributed by atoms with Gasteiger partial charge >= 0.3 is 0 Å². The molecule has 6 heteroatoms. The summed E-state index contributed by atoms with van der Waals surface area (Å²) in [5, 5.41) is 2.07. The van der Waals surface area contributed by atoms with Crippen molar-refractivity contribution in [3.8, 4) is 21.8 Å². The van der Waals surface area contributed by atoms with Crippen LogP contribution in [0.1, 0.15) is 19.8 Å². The van der Waals surface area contributed by atoms with Gasteiger partial charge in [0.25, 0.3) is 0 Å². The van der Waals surface area contributed by atoms with Gasteiger partial charge in [0.1, 0.15) is 0 Å². The Morgan fingerprint density at radius 1 is 1.21 bits per heavy atom. The number of anilines is 1. The second kappa shape index (κ2) is 6.65. The van der Waals surface area contributed by atoms with Gasteiger partial charge in [-0.2, -0.15) is 0 Å². The summed E-state index contributed by atoms with van der Waals surface area (Å²) >= 11 is 1.68. The molecule has 0 amide bonds. The van der Waals surface area contributed by atoms with Gasteiger partial charge < -0.3 is 4.90 Å². The van der Waals surface area contributed by atoms with Crippen molar-refractivity contribution in [2.24, 2.45) is 5.92 Å². The molecule has 1 saturated heterocycles. The predicted molar refractivity (Wildman–Crippen MR) is 97.0 cm³/mol. The molecular weight excluding hydrogens is 318 g/mol. The minimum absolute atomic E-state index is 0.687. The molecule has 0 aromatic carbocycles. The largest absolute Gasteiger partial charge is 0.341 e. The van der Waals surface area contributed by atoms with Gasteiger partial charge in [-0.1, -0.05) is 13.0 Å². The maximum absolute atomic E-state index is 4.91. The fourth-order valence-electron chi connectivity index (χ4n) is 3.12. The van der Waals surface area contributed by atoms with Crippen molar-refractivity contribution in [1.82, 2.24) is 19.9 Å². The number of aromatic nitrogens is 4. The second-order valence-electron chi connectivity index (χ2n) is 6.19. The molecular formula is C18H19N5S. The Kier molecular flexibility index (Phi) is 4.21. The summed E-state index contributed by atoms with van der Waals surface area (Å²) in [6.45, 7) is 4.34. The average molecular weight is 337 g/mol. The molecule has 0 spiro atoms. The highest BCUT2D eigenvalue weighted by molar-refractivity contribution is 7.13. The molecule has 1 atom stereocenters. The maximum atomic E-state index is 4.91. The van der Waals surface area contributed by atoms with Gasteiger partial charge in [-0.15, -0.1) is 11.3 Å². The first-order valence-corrected chi connectivity index (χ1v) is 9.11. The molecule has 3 aromatic rings. The summed E-state index contributed by atoms with van der Waals surface area (Å²) in [5.74, 6) is 1.50. The molecule has 0 aliphatic carbocycles. The fraction of sp³-hybridized carbons (Fsp3) is 0.333. The lowest BCUT2D eigenvalue weighted by Crippen LogP contribution is -2.35. The molecule has 24 heavy (non-hydrogen) atoms. The molecule has 4 heterocycles. The normalized spacial score (nSPS) is 17.9. The number of nitrogens with zero attached hydrogens (tertiary/aromatic N) is 5. The highest BCUT2D eigenvalue weighted by atomic mass is 32.1. The van der Waals surface area contributed by atoms with Gasteiger partial charge in [-0.3, -0.25) is 9.97 Å². The Bertz CT molecular complexity index is 804. The Hall–Kier alpha value is -2.34. The first kappa shape index (κ1) is 15.2. The van der Waals surface area contributed by atoms with Crippen LogP contribution in [0.3, 0.4) is 0 Å². The summed E-state index contributed by atoms with van der Waals surface area (Å²) in [7, 11) is 0. The van der Waals surface area contributed by atoms with E-state index < -0.39 is 0 Å². The van der Waals surface area contributed by atoms with E-state index in [0.717, 1.165) is 40.9 Å². The predicted octanol–water partition coefficient (Wildman–Crippen LogP) is 3.90. The molecule has 0 bridgehead atoms. The molecule has 122 valence electrons. The van der Waals surface area contributed by atoms with Crippen LogP contribution in [0.15, 0.2) is 42.3 Å². The van der Waals surface area contributed by atoms with Crippen molar-refractivity contribution in [2.75, 3.05) is 18.0 Å². The number of hydrogen-bond acceptors (Lipinski definition) is 6. The Labute approximate surface area is 145 Å². The van der Waals surface area contributed by atoms with E-state index in [2.05, 4.69) is 38.2 Å². The molecule has 3 aromatic heterocycles. The smallest absolute Gasteiger partial charge is 0.225 e. The van der Waals surface area contributed by atoms with E-state index in [1.165, 1.54) is 12.8 Å². The third kappa shape index (κ3) is 3.01. The lowest BCUT2D eigenvalue weighted by molar-refractivity contribution is 0.442. The zero-order valence-electron chi connectivity index (χ0n) is 13.6. The summed E-state index contributed by atoms with van der Waals surface area (Å²) < 4.78 is 0. The molecule has 0 unspecified atom stereocenters. The van der Waals surface area contributed by atoms with E-state index in [0.29, 0.717) is 5.92 Å². The Balaban J connectivity index is 1.78. The van der Waals surface area contributed by atoms with Crippen LogP contribution in [0.25, 0.3) is 21.8 Å². The topological polar surface area (TPSA) is 54.8 Å². The van der Waals surface area contributed by atoms with Crippen LogP contribution in [-0.4, -0.2) is 33.0 Å². The highest BCUT2D eigenvalue weighted by Crippen LogP contribution is 2.33. The summed E-state index contributed by atoms with van der Waals surface area (Å²) in [4.78, 5) is 21.6. The molecule has 1 fully saturated rings. The minimum Gasteiger partial charge on any atom is -0.341 e. The highest BCUT2D eigenvalue weighted by Gasteiger charge is 2.21. The van der Waals surface area contributed by atoms with Crippen molar-refractivity contribution in [2.45, 2.75) is 19.8 Å². The van der Waals surface area contributed by atoms with Crippen molar-refractivity contribution < 1.29 is 0 Å². The van der Waals surface area contributed by atoms with Crippen LogP contribution in [-0.2, 0) is 0 Å². The van der Waals surface area contributed by atoms with Crippen LogP contribution in [0.2, 0.25) is 0 Å². The lowest BCUT2D eigenvalue weighted by atomic mass is 10.0. The van der Waals surface area contributed by atoms with E-state index in [9.17, 15) is 0 Å². The summed E-state index contributed by atoms with van der Waals surface area (Å²) in [5.41, 5.74) is 2.67. The lowest BCUT2D eigenvalue weighted by Gasteiger charge is -2.31. The van der Waals surface area contributed by atoms with Crippen LogP contribution >= 0.6 is 11.3 Å². The van der Waals surface area contributed by atoms with Gasteiger partial charge in [0, 0.05) is 37.2 Å². The molecule has 0 saturated carbocycles. The second-order valence-corrected chi connectivity index (χ2v) is 7.14. The molecule has 0 radical (unpaired) electrons. The van der Waals surface area contributed by atoms with Gasteiger partial charge in [0.15, 0.2) is 0 Å². The van der Waals surface area contributed by atoms with Gasteiger partial charge in [-0.05, 0) is 30.2 Å². The number of rotatable bonds is 3. The SMILES string of the molecule is C[C@H]1CCCN(c2ncc(-c3cnccn3)c(-c3cccs3)n2)C1. The monoisotopic (exact) mass is 337 g/mol. The Morgan fingerprint density at radius 3 is 2.92 bits per heavy atom.